The van der Waals surface area contributed by atoms with Crippen molar-refractivity contribution in [3.05, 3.63) is 23.2 Å². The molecule has 6 heteroatoms. The molecule has 3 N–H and O–H groups in total. The normalized spacial score (nSPS) is 10.4. The van der Waals surface area contributed by atoms with Crippen molar-refractivity contribution >= 4 is 35.8 Å². The van der Waals surface area contributed by atoms with Gasteiger partial charge in [-0.2, -0.15) is 0 Å². The van der Waals surface area contributed by atoms with E-state index in [2.05, 4.69) is 5.32 Å². The standard InChI is InChI=1S/C10H13BClNO3/c1-6(2)10(14)13-9-4-3-7(12)5-8(9)11(15)16/h3-6,15-16H,1-2H3,(H,13,14). The lowest BCUT2D eigenvalue weighted by atomic mass is 9.79. The van der Waals surface area contributed by atoms with Gasteiger partial charge < -0.3 is 15.4 Å². The van der Waals surface area contributed by atoms with E-state index in [9.17, 15) is 4.79 Å². The van der Waals surface area contributed by atoms with Crippen LogP contribution in [0.15, 0.2) is 18.2 Å². The largest absolute Gasteiger partial charge is 0.490 e. The Morgan fingerprint density at radius 1 is 1.44 bits per heavy atom. The molecule has 1 amide bonds. The first-order valence-corrected chi connectivity index (χ1v) is 5.26. The summed E-state index contributed by atoms with van der Waals surface area (Å²) in [5, 5.41) is 21.2. The molecule has 0 radical (unpaired) electrons. The van der Waals surface area contributed by atoms with E-state index < -0.39 is 7.12 Å². The lowest BCUT2D eigenvalue weighted by Crippen LogP contribution is -2.34. The van der Waals surface area contributed by atoms with Crippen LogP contribution in [0, 0.1) is 5.92 Å². The molecule has 4 nitrogen and oxygen atoms in total. The third kappa shape index (κ3) is 3.23. The van der Waals surface area contributed by atoms with Crippen LogP contribution in [0.3, 0.4) is 0 Å². The molecule has 0 heterocycles. The van der Waals surface area contributed by atoms with Crippen molar-refractivity contribution in [1.29, 1.82) is 0 Å². The van der Waals surface area contributed by atoms with E-state index in [0.29, 0.717) is 10.7 Å². The van der Waals surface area contributed by atoms with Crippen LogP contribution >= 0.6 is 11.6 Å². The molecule has 0 aliphatic heterocycles. The summed E-state index contributed by atoms with van der Waals surface area (Å²) in [4.78, 5) is 11.5. The maximum absolute atomic E-state index is 11.5. The molecule has 0 aromatic heterocycles. The fourth-order valence-corrected chi connectivity index (χ4v) is 1.32. The van der Waals surface area contributed by atoms with Crippen LogP contribution in [0.5, 0.6) is 0 Å². The average Bonchev–Trinajstić information content (AvgIpc) is 2.20. The number of nitrogens with one attached hydrogen (secondary N) is 1. The van der Waals surface area contributed by atoms with Gasteiger partial charge in [-0.3, -0.25) is 4.79 Å². The number of hydrogen-bond acceptors (Lipinski definition) is 3. The number of benzene rings is 1. The molecular formula is C10H13BClNO3. The second-order valence-corrected chi connectivity index (χ2v) is 4.19. The van der Waals surface area contributed by atoms with Gasteiger partial charge in [0.25, 0.3) is 0 Å². The summed E-state index contributed by atoms with van der Waals surface area (Å²) in [6.45, 7) is 3.50. The van der Waals surface area contributed by atoms with Crippen molar-refractivity contribution in [3.63, 3.8) is 0 Å². The van der Waals surface area contributed by atoms with E-state index in [4.69, 9.17) is 21.6 Å². The van der Waals surface area contributed by atoms with Gasteiger partial charge in [-0.1, -0.05) is 25.4 Å². The molecular weight excluding hydrogens is 228 g/mol. The number of rotatable bonds is 3. The molecule has 0 aliphatic carbocycles. The first kappa shape index (κ1) is 13.0. The van der Waals surface area contributed by atoms with E-state index in [1.54, 1.807) is 19.9 Å². The van der Waals surface area contributed by atoms with Gasteiger partial charge in [-0.05, 0) is 18.2 Å². The molecule has 86 valence electrons. The summed E-state index contributed by atoms with van der Waals surface area (Å²) >= 11 is 5.73. The van der Waals surface area contributed by atoms with Crippen molar-refractivity contribution in [1.82, 2.24) is 0 Å². The molecule has 0 saturated carbocycles. The molecule has 0 spiro atoms. The van der Waals surface area contributed by atoms with E-state index >= 15 is 0 Å². The van der Waals surface area contributed by atoms with Gasteiger partial charge in [-0.25, -0.2) is 0 Å². The fraction of sp³-hybridized carbons (Fsp3) is 0.300. The molecule has 1 aromatic carbocycles. The number of carbonyl (C=O) groups excluding carboxylic acids is 1. The van der Waals surface area contributed by atoms with Crippen LogP contribution in [0.25, 0.3) is 0 Å². The van der Waals surface area contributed by atoms with Crippen molar-refractivity contribution in [2.45, 2.75) is 13.8 Å². The van der Waals surface area contributed by atoms with Crippen LogP contribution in [0.1, 0.15) is 13.8 Å². The minimum atomic E-state index is -1.67. The van der Waals surface area contributed by atoms with Crippen LogP contribution in [-0.4, -0.2) is 23.1 Å². The molecule has 0 aliphatic rings. The zero-order valence-corrected chi connectivity index (χ0v) is 9.82. The van der Waals surface area contributed by atoms with Crippen LogP contribution < -0.4 is 10.8 Å². The predicted octanol–water partition coefficient (Wildman–Crippen LogP) is 0.614. The quantitative estimate of drug-likeness (QED) is 0.679. The Kier molecular flexibility index (Phi) is 4.35. The van der Waals surface area contributed by atoms with Gasteiger partial charge in [0.1, 0.15) is 0 Å². The first-order valence-electron chi connectivity index (χ1n) is 4.88. The molecule has 0 atom stereocenters. The Labute approximate surface area is 99.4 Å². The van der Waals surface area contributed by atoms with Gasteiger partial charge in [0.15, 0.2) is 0 Å². The SMILES string of the molecule is CC(C)C(=O)Nc1ccc(Cl)cc1B(O)O. The van der Waals surface area contributed by atoms with E-state index in [0.717, 1.165) is 0 Å². The molecule has 0 bridgehead atoms. The highest BCUT2D eigenvalue weighted by Crippen LogP contribution is 2.13. The van der Waals surface area contributed by atoms with Gasteiger partial charge in [0.05, 0.1) is 0 Å². The molecule has 0 saturated heterocycles. The minimum Gasteiger partial charge on any atom is -0.423 e. The van der Waals surface area contributed by atoms with Crippen LogP contribution in [0.2, 0.25) is 5.02 Å². The van der Waals surface area contributed by atoms with E-state index in [1.165, 1.54) is 12.1 Å². The van der Waals surface area contributed by atoms with Gasteiger partial charge in [0, 0.05) is 22.1 Å². The summed E-state index contributed by atoms with van der Waals surface area (Å²) in [5.74, 6) is -0.372. The maximum Gasteiger partial charge on any atom is 0.490 e. The van der Waals surface area contributed by atoms with E-state index in [-0.39, 0.29) is 17.3 Å². The molecule has 0 unspecified atom stereocenters. The first-order chi connectivity index (χ1) is 7.41. The van der Waals surface area contributed by atoms with Crippen LogP contribution in [0.4, 0.5) is 5.69 Å². The minimum absolute atomic E-state index is 0.181. The Morgan fingerprint density at radius 2 is 2.06 bits per heavy atom. The number of hydrogen-bond donors (Lipinski definition) is 3. The topological polar surface area (TPSA) is 69.6 Å². The van der Waals surface area contributed by atoms with Crippen molar-refractivity contribution < 1.29 is 14.8 Å². The Bertz CT molecular complexity index is 396. The summed E-state index contributed by atoms with van der Waals surface area (Å²) in [7, 11) is -1.67. The summed E-state index contributed by atoms with van der Waals surface area (Å²) in [6, 6.07) is 4.52. The zero-order chi connectivity index (χ0) is 12.3. The summed E-state index contributed by atoms with van der Waals surface area (Å²) in [5.41, 5.74) is 0.541. The summed E-state index contributed by atoms with van der Waals surface area (Å²) < 4.78 is 0. The van der Waals surface area contributed by atoms with E-state index in [1.807, 2.05) is 0 Å². The smallest absolute Gasteiger partial charge is 0.423 e. The highest BCUT2D eigenvalue weighted by atomic mass is 35.5. The zero-order valence-electron chi connectivity index (χ0n) is 9.07. The van der Waals surface area contributed by atoms with Crippen LogP contribution in [-0.2, 0) is 4.79 Å². The number of carbonyl (C=O) groups is 1. The lowest BCUT2D eigenvalue weighted by molar-refractivity contribution is -0.118. The Balaban J connectivity index is 2.99. The number of amides is 1. The van der Waals surface area contributed by atoms with Gasteiger partial charge in [0.2, 0.25) is 5.91 Å². The van der Waals surface area contributed by atoms with Gasteiger partial charge in [-0.15, -0.1) is 0 Å². The second kappa shape index (κ2) is 5.34. The highest BCUT2D eigenvalue weighted by Gasteiger charge is 2.18. The Hall–Kier alpha value is -1.04. The highest BCUT2D eigenvalue weighted by molar-refractivity contribution is 6.61. The molecule has 16 heavy (non-hydrogen) atoms. The predicted molar refractivity (Wildman–Crippen MR) is 64.7 cm³/mol. The molecule has 0 fully saturated rings. The Morgan fingerprint density at radius 3 is 2.56 bits per heavy atom. The van der Waals surface area contributed by atoms with Crippen molar-refractivity contribution in [3.8, 4) is 0 Å². The fourth-order valence-electron chi connectivity index (χ4n) is 1.14. The third-order valence-corrected chi connectivity index (χ3v) is 2.31. The monoisotopic (exact) mass is 241 g/mol. The average molecular weight is 241 g/mol. The molecule has 1 rings (SSSR count). The molecule has 1 aromatic rings. The summed E-state index contributed by atoms with van der Waals surface area (Å²) in [6.07, 6.45) is 0. The van der Waals surface area contributed by atoms with Crippen molar-refractivity contribution in [2.24, 2.45) is 5.92 Å². The second-order valence-electron chi connectivity index (χ2n) is 3.75. The van der Waals surface area contributed by atoms with Crippen molar-refractivity contribution in [2.75, 3.05) is 5.32 Å². The number of halogens is 1. The lowest BCUT2D eigenvalue weighted by Gasteiger charge is -2.12. The van der Waals surface area contributed by atoms with Gasteiger partial charge >= 0.3 is 7.12 Å². The third-order valence-electron chi connectivity index (χ3n) is 2.07. The number of anilines is 1. The maximum atomic E-state index is 11.5.